The number of likely N-dealkylation sites (tertiary alicyclic amines) is 1. The minimum absolute atomic E-state index is 0.0490. The minimum Gasteiger partial charge on any atom is -0.383 e. The van der Waals surface area contributed by atoms with Crippen LogP contribution in [0.5, 0.6) is 0 Å². The number of nitrogen functional groups attached to an aromatic ring is 1. The summed E-state index contributed by atoms with van der Waals surface area (Å²) >= 11 is 0. The van der Waals surface area contributed by atoms with Crippen LogP contribution in [0, 0.1) is 5.92 Å². The van der Waals surface area contributed by atoms with Gasteiger partial charge in [-0.1, -0.05) is 30.3 Å². The topological polar surface area (TPSA) is 91.2 Å². The molecule has 192 valence electrons. The monoisotopic (exact) mass is 506 g/mol. The van der Waals surface area contributed by atoms with E-state index in [2.05, 4.69) is 31.7 Å². The number of ether oxygens (including phenoxy) is 1. The highest BCUT2D eigenvalue weighted by Gasteiger charge is 2.36. The van der Waals surface area contributed by atoms with E-state index >= 15 is 0 Å². The molecule has 2 N–H and O–H groups in total. The number of para-hydroxylation sites is 1. The molecule has 2 fully saturated rings. The standard InChI is InChI=1S/C30H30N6O2/c1-38-24-15-34(16-24)14-19-11-23(12-19)36-17-26(27-28(31)32-18-33-29(27)36)21-8-7-20-9-10-35(30(37)25(20)13-21)22-5-3-2-4-6-22/h2-10,13,17-19,23-24H,11-12,14-16H2,1H3,(H2,31,32,33). The van der Waals surface area contributed by atoms with Gasteiger partial charge in [0.25, 0.3) is 5.56 Å². The average molecular weight is 507 g/mol. The summed E-state index contributed by atoms with van der Waals surface area (Å²) in [5.41, 5.74) is 9.95. The fourth-order valence-corrected chi connectivity index (χ4v) is 6.07. The zero-order valence-electron chi connectivity index (χ0n) is 21.3. The van der Waals surface area contributed by atoms with Gasteiger partial charge in [0.15, 0.2) is 0 Å². The van der Waals surface area contributed by atoms with Crippen molar-refractivity contribution < 1.29 is 4.74 Å². The van der Waals surface area contributed by atoms with Crippen molar-refractivity contribution >= 4 is 27.6 Å². The van der Waals surface area contributed by atoms with Crippen molar-refractivity contribution in [1.29, 1.82) is 0 Å². The molecule has 0 radical (unpaired) electrons. The van der Waals surface area contributed by atoms with Crippen LogP contribution in [0.3, 0.4) is 0 Å². The fourth-order valence-electron chi connectivity index (χ4n) is 6.07. The Kier molecular flexibility index (Phi) is 5.52. The summed E-state index contributed by atoms with van der Waals surface area (Å²) in [4.78, 5) is 24.9. The first-order valence-corrected chi connectivity index (χ1v) is 13.2. The highest BCUT2D eigenvalue weighted by atomic mass is 16.5. The average Bonchev–Trinajstić information content (AvgIpc) is 3.28. The molecule has 8 heteroatoms. The molecule has 3 aromatic heterocycles. The van der Waals surface area contributed by atoms with Crippen LogP contribution in [-0.4, -0.2) is 56.9 Å². The lowest BCUT2D eigenvalue weighted by Crippen LogP contribution is -2.54. The second-order valence-electron chi connectivity index (χ2n) is 10.6. The Morgan fingerprint density at radius 3 is 2.66 bits per heavy atom. The normalized spacial score (nSPS) is 20.0. The number of anilines is 1. The summed E-state index contributed by atoms with van der Waals surface area (Å²) in [5, 5.41) is 2.42. The molecule has 1 aliphatic carbocycles. The first kappa shape index (κ1) is 23.1. The van der Waals surface area contributed by atoms with Gasteiger partial charge < -0.3 is 15.0 Å². The second kappa shape index (κ2) is 9.08. The number of benzene rings is 2. The van der Waals surface area contributed by atoms with Gasteiger partial charge in [0, 0.05) is 61.8 Å². The molecular weight excluding hydrogens is 476 g/mol. The third-order valence-corrected chi connectivity index (χ3v) is 8.27. The Balaban J connectivity index is 1.24. The van der Waals surface area contributed by atoms with Crippen molar-refractivity contribution in [3.63, 3.8) is 0 Å². The maximum Gasteiger partial charge on any atom is 0.262 e. The highest BCUT2D eigenvalue weighted by Crippen LogP contribution is 2.43. The van der Waals surface area contributed by atoms with Crippen LogP contribution in [0.4, 0.5) is 5.82 Å². The number of hydrogen-bond acceptors (Lipinski definition) is 6. The van der Waals surface area contributed by atoms with Gasteiger partial charge in [0.1, 0.15) is 17.8 Å². The summed E-state index contributed by atoms with van der Waals surface area (Å²) in [5.74, 6) is 1.13. The lowest BCUT2D eigenvalue weighted by molar-refractivity contribution is -0.0442. The van der Waals surface area contributed by atoms with Crippen LogP contribution < -0.4 is 11.3 Å². The van der Waals surface area contributed by atoms with Gasteiger partial charge in [-0.2, -0.15) is 0 Å². The van der Waals surface area contributed by atoms with Crippen molar-refractivity contribution in [2.24, 2.45) is 5.92 Å². The van der Waals surface area contributed by atoms with E-state index in [0.29, 0.717) is 29.3 Å². The Bertz CT molecular complexity index is 1700. The van der Waals surface area contributed by atoms with Gasteiger partial charge in [0.2, 0.25) is 0 Å². The molecule has 0 atom stereocenters. The van der Waals surface area contributed by atoms with Crippen LogP contribution in [0.25, 0.3) is 38.6 Å². The molecule has 2 aromatic carbocycles. The molecule has 2 aliphatic rings. The first-order valence-electron chi connectivity index (χ1n) is 13.2. The van der Waals surface area contributed by atoms with Crippen molar-refractivity contribution in [2.45, 2.75) is 25.0 Å². The highest BCUT2D eigenvalue weighted by molar-refractivity contribution is 6.02. The van der Waals surface area contributed by atoms with E-state index in [1.54, 1.807) is 11.7 Å². The molecule has 7 rings (SSSR count). The van der Waals surface area contributed by atoms with Crippen LogP contribution in [0.2, 0.25) is 0 Å². The zero-order chi connectivity index (χ0) is 25.8. The van der Waals surface area contributed by atoms with Gasteiger partial charge in [-0.15, -0.1) is 0 Å². The molecular formula is C30H30N6O2. The third-order valence-electron chi connectivity index (χ3n) is 8.27. The van der Waals surface area contributed by atoms with Crippen molar-refractivity contribution in [2.75, 3.05) is 32.5 Å². The number of fused-ring (bicyclic) bond motifs is 2. The fraction of sp³-hybridized carbons (Fsp3) is 0.300. The van der Waals surface area contributed by atoms with Crippen LogP contribution in [0.1, 0.15) is 18.9 Å². The number of aromatic nitrogens is 4. The number of nitrogens with two attached hydrogens (primary N) is 1. The molecule has 1 saturated heterocycles. The van der Waals surface area contributed by atoms with Gasteiger partial charge in [-0.3, -0.25) is 14.3 Å². The molecule has 0 spiro atoms. The summed E-state index contributed by atoms with van der Waals surface area (Å²) in [7, 11) is 1.79. The van der Waals surface area contributed by atoms with E-state index in [9.17, 15) is 4.79 Å². The summed E-state index contributed by atoms with van der Waals surface area (Å²) in [6.07, 6.45) is 8.14. The zero-order valence-corrected chi connectivity index (χ0v) is 21.3. The van der Waals surface area contributed by atoms with E-state index < -0.39 is 0 Å². The van der Waals surface area contributed by atoms with Crippen LogP contribution >= 0.6 is 0 Å². The molecule has 1 aliphatic heterocycles. The molecule has 1 saturated carbocycles. The van der Waals surface area contributed by atoms with Gasteiger partial charge in [0.05, 0.1) is 11.5 Å². The molecule has 0 unspecified atom stereocenters. The summed E-state index contributed by atoms with van der Waals surface area (Å²) < 4.78 is 9.37. The van der Waals surface area contributed by atoms with Crippen molar-refractivity contribution in [3.05, 3.63) is 83.7 Å². The molecule has 0 bridgehead atoms. The van der Waals surface area contributed by atoms with Crippen molar-refractivity contribution in [1.82, 2.24) is 24.0 Å². The summed E-state index contributed by atoms with van der Waals surface area (Å²) in [6, 6.07) is 18.1. The lowest BCUT2D eigenvalue weighted by atomic mass is 9.79. The van der Waals surface area contributed by atoms with Gasteiger partial charge in [-0.25, -0.2) is 9.97 Å². The largest absolute Gasteiger partial charge is 0.383 e. The minimum atomic E-state index is -0.0490. The van der Waals surface area contributed by atoms with E-state index in [0.717, 1.165) is 65.7 Å². The van der Waals surface area contributed by atoms with E-state index in [1.807, 2.05) is 54.7 Å². The predicted molar refractivity (Wildman–Crippen MR) is 149 cm³/mol. The van der Waals surface area contributed by atoms with Gasteiger partial charge >= 0.3 is 0 Å². The lowest BCUT2D eigenvalue weighted by Gasteiger charge is -2.44. The molecule has 0 amide bonds. The summed E-state index contributed by atoms with van der Waals surface area (Å²) in [6.45, 7) is 3.19. The second-order valence-corrected chi connectivity index (χ2v) is 10.6. The smallest absolute Gasteiger partial charge is 0.262 e. The predicted octanol–water partition coefficient (Wildman–Crippen LogP) is 4.27. The number of methoxy groups -OCH3 is 1. The Hall–Kier alpha value is -4.01. The molecule has 38 heavy (non-hydrogen) atoms. The van der Waals surface area contributed by atoms with E-state index in [1.165, 1.54) is 6.33 Å². The Morgan fingerprint density at radius 1 is 1.05 bits per heavy atom. The molecule has 4 heterocycles. The number of rotatable bonds is 6. The van der Waals surface area contributed by atoms with Crippen molar-refractivity contribution in [3.8, 4) is 16.8 Å². The maximum atomic E-state index is 13.5. The third kappa shape index (κ3) is 3.79. The van der Waals surface area contributed by atoms with Gasteiger partial charge in [-0.05, 0) is 54.0 Å². The molecule has 8 nitrogen and oxygen atoms in total. The number of hydrogen-bond donors (Lipinski definition) is 1. The van der Waals surface area contributed by atoms with Crippen LogP contribution in [0.15, 0.2) is 78.1 Å². The first-order chi connectivity index (χ1) is 18.6. The molecule has 5 aromatic rings. The number of nitrogens with zero attached hydrogens (tertiary/aromatic N) is 5. The maximum absolute atomic E-state index is 13.5. The van der Waals surface area contributed by atoms with E-state index in [4.69, 9.17) is 10.5 Å². The quantitative estimate of drug-likeness (QED) is 0.370. The van der Waals surface area contributed by atoms with Crippen LogP contribution in [-0.2, 0) is 4.74 Å². The Morgan fingerprint density at radius 2 is 1.87 bits per heavy atom. The SMILES string of the molecule is COC1CN(CC2CC(n3cc(-c4ccc5ccn(-c6ccccc6)c(=O)c5c4)c4c(N)ncnc43)C2)C1. The number of pyridine rings is 1. The Labute approximate surface area is 220 Å². The van der Waals surface area contributed by atoms with E-state index in [-0.39, 0.29) is 5.56 Å².